The molecule has 0 amide bonds. The van der Waals surface area contributed by atoms with E-state index in [1.807, 2.05) is 0 Å². The second-order valence-corrected chi connectivity index (χ2v) is 3.95. The molecule has 1 aliphatic heterocycles. The van der Waals surface area contributed by atoms with E-state index in [0.29, 0.717) is 0 Å². The van der Waals surface area contributed by atoms with Gasteiger partial charge in [-0.25, -0.2) is 4.98 Å². The van der Waals surface area contributed by atoms with Crippen molar-refractivity contribution >= 4 is 17.3 Å². The van der Waals surface area contributed by atoms with Gasteiger partial charge < -0.3 is 10.4 Å². The molecule has 1 aromatic heterocycles. The molecule has 0 aliphatic carbocycles. The molecule has 2 N–H and O–H groups in total. The van der Waals surface area contributed by atoms with Crippen LogP contribution in [0.25, 0.3) is 0 Å². The van der Waals surface area contributed by atoms with Crippen molar-refractivity contribution in [2.75, 3.05) is 6.54 Å². The Morgan fingerprint density at radius 3 is 3.46 bits per heavy atom. The van der Waals surface area contributed by atoms with E-state index in [0.717, 1.165) is 18.7 Å². The molecule has 5 heteroatoms. The zero-order valence-corrected chi connectivity index (χ0v) is 7.80. The van der Waals surface area contributed by atoms with Crippen LogP contribution in [0, 0.1) is 0 Å². The van der Waals surface area contributed by atoms with Crippen LogP contribution in [0.3, 0.4) is 0 Å². The molecule has 70 valence electrons. The average Bonchev–Trinajstić information content (AvgIpc) is 2.51. The summed E-state index contributed by atoms with van der Waals surface area (Å²) in [5.74, 6) is -0.779. The maximum atomic E-state index is 10.5. The van der Waals surface area contributed by atoms with Crippen LogP contribution in [0.2, 0.25) is 0 Å². The Kier molecular flexibility index (Phi) is 2.28. The second kappa shape index (κ2) is 3.43. The summed E-state index contributed by atoms with van der Waals surface area (Å²) in [7, 11) is 0. The van der Waals surface area contributed by atoms with Crippen LogP contribution < -0.4 is 5.32 Å². The predicted octanol–water partition coefficient (Wildman–Crippen LogP) is 0.805. The second-order valence-electron chi connectivity index (χ2n) is 3.02. The molecule has 1 atom stereocenters. The number of aliphatic carboxylic acids is 1. The van der Waals surface area contributed by atoms with Gasteiger partial charge in [-0.1, -0.05) is 0 Å². The smallest absolute Gasteiger partial charge is 0.305 e. The fourth-order valence-electron chi connectivity index (χ4n) is 1.55. The molecule has 4 nitrogen and oxygen atoms in total. The summed E-state index contributed by atoms with van der Waals surface area (Å²) in [6.07, 6.45) is 1.09. The van der Waals surface area contributed by atoms with E-state index in [2.05, 4.69) is 10.3 Å². The Bertz CT molecular complexity index is 324. The molecule has 0 fully saturated rings. The Hall–Kier alpha value is -0.940. The molecule has 2 heterocycles. The highest BCUT2D eigenvalue weighted by Gasteiger charge is 2.23. The quantitative estimate of drug-likeness (QED) is 0.738. The largest absolute Gasteiger partial charge is 0.481 e. The highest BCUT2D eigenvalue weighted by Crippen LogP contribution is 2.26. The highest BCUT2D eigenvalue weighted by molar-refractivity contribution is 7.09. The van der Waals surface area contributed by atoms with E-state index in [9.17, 15) is 4.79 Å². The maximum Gasteiger partial charge on any atom is 0.305 e. The summed E-state index contributed by atoms with van der Waals surface area (Å²) >= 11 is 1.61. The van der Waals surface area contributed by atoms with Crippen molar-refractivity contribution in [3.05, 3.63) is 16.1 Å². The van der Waals surface area contributed by atoms with Crippen molar-refractivity contribution in [1.82, 2.24) is 10.3 Å². The normalized spacial score (nSPS) is 21.1. The highest BCUT2D eigenvalue weighted by atomic mass is 32.1. The number of carboxylic acid groups (broad SMARTS) is 1. The molecule has 0 aromatic carbocycles. The number of fused-ring (bicyclic) bond motifs is 1. The Balaban J connectivity index is 2.20. The predicted molar refractivity (Wildman–Crippen MR) is 48.8 cm³/mol. The average molecular weight is 198 g/mol. The third kappa shape index (κ3) is 1.71. The molecule has 0 bridgehead atoms. The van der Waals surface area contributed by atoms with Crippen LogP contribution in [0.5, 0.6) is 0 Å². The zero-order chi connectivity index (χ0) is 9.26. The van der Waals surface area contributed by atoms with Gasteiger partial charge in [-0.15, -0.1) is 11.3 Å². The van der Waals surface area contributed by atoms with Gasteiger partial charge in [0.25, 0.3) is 0 Å². The molecule has 0 spiro atoms. The zero-order valence-electron chi connectivity index (χ0n) is 6.99. The van der Waals surface area contributed by atoms with Crippen molar-refractivity contribution in [1.29, 1.82) is 0 Å². The first-order valence-electron chi connectivity index (χ1n) is 4.15. The summed E-state index contributed by atoms with van der Waals surface area (Å²) in [5, 5.41) is 11.8. The van der Waals surface area contributed by atoms with Crippen molar-refractivity contribution in [3.63, 3.8) is 0 Å². The summed E-state index contributed by atoms with van der Waals surface area (Å²) in [5.41, 5.74) is 2.71. The monoisotopic (exact) mass is 198 g/mol. The van der Waals surface area contributed by atoms with Gasteiger partial charge in [0.2, 0.25) is 0 Å². The number of carbonyl (C=O) groups is 1. The lowest BCUT2D eigenvalue weighted by molar-refractivity contribution is -0.137. The van der Waals surface area contributed by atoms with Gasteiger partial charge in [-0.05, 0) is 6.42 Å². The fourth-order valence-corrected chi connectivity index (χ4v) is 2.38. The summed E-state index contributed by atoms with van der Waals surface area (Å²) in [6.45, 7) is 0.854. The van der Waals surface area contributed by atoms with E-state index in [1.165, 1.54) is 4.88 Å². The molecular formula is C8H10N2O2S. The molecule has 1 aromatic rings. The van der Waals surface area contributed by atoms with Crippen LogP contribution in [0.1, 0.15) is 23.0 Å². The standard InChI is InChI=1S/C8H10N2O2S/c11-7(12)3-5-8-6(1-2-9-5)13-4-10-8/h4-5,9H,1-3H2,(H,11,12). The summed E-state index contributed by atoms with van der Waals surface area (Å²) in [6, 6.07) is -0.0903. The molecule has 2 rings (SSSR count). The lowest BCUT2D eigenvalue weighted by Gasteiger charge is -2.21. The summed E-state index contributed by atoms with van der Waals surface area (Å²) in [4.78, 5) is 15.9. The third-order valence-electron chi connectivity index (χ3n) is 2.12. The SMILES string of the molecule is O=C(O)CC1NCCc2scnc21. The van der Waals surface area contributed by atoms with Gasteiger partial charge >= 0.3 is 5.97 Å². The Morgan fingerprint density at radius 1 is 1.85 bits per heavy atom. The van der Waals surface area contributed by atoms with E-state index >= 15 is 0 Å². The number of aromatic nitrogens is 1. The molecule has 1 aliphatic rings. The number of hydrogen-bond acceptors (Lipinski definition) is 4. The van der Waals surface area contributed by atoms with Crippen LogP contribution in [0.4, 0.5) is 0 Å². The molecule has 0 saturated carbocycles. The Labute approximate surface area is 79.6 Å². The topological polar surface area (TPSA) is 62.2 Å². The molecule has 13 heavy (non-hydrogen) atoms. The third-order valence-corrected chi connectivity index (χ3v) is 3.03. The van der Waals surface area contributed by atoms with Gasteiger partial charge in [0, 0.05) is 11.4 Å². The van der Waals surface area contributed by atoms with Gasteiger partial charge in [-0.2, -0.15) is 0 Å². The van der Waals surface area contributed by atoms with E-state index in [1.54, 1.807) is 16.8 Å². The van der Waals surface area contributed by atoms with Crippen molar-refractivity contribution in [3.8, 4) is 0 Å². The number of thiazole rings is 1. The summed E-state index contributed by atoms with van der Waals surface area (Å²) < 4.78 is 0. The van der Waals surface area contributed by atoms with Crippen LogP contribution >= 0.6 is 11.3 Å². The van der Waals surface area contributed by atoms with Crippen LogP contribution in [0.15, 0.2) is 5.51 Å². The minimum absolute atomic E-state index is 0.0903. The lowest BCUT2D eigenvalue weighted by Crippen LogP contribution is -2.30. The Morgan fingerprint density at radius 2 is 2.69 bits per heavy atom. The van der Waals surface area contributed by atoms with Crippen molar-refractivity contribution in [2.45, 2.75) is 18.9 Å². The number of nitrogens with one attached hydrogen (secondary N) is 1. The molecular weight excluding hydrogens is 188 g/mol. The first-order chi connectivity index (χ1) is 6.27. The number of carboxylic acids is 1. The van der Waals surface area contributed by atoms with Gasteiger partial charge in [0.15, 0.2) is 0 Å². The number of hydrogen-bond donors (Lipinski definition) is 2. The van der Waals surface area contributed by atoms with Gasteiger partial charge in [0.05, 0.1) is 23.7 Å². The first-order valence-corrected chi connectivity index (χ1v) is 5.03. The minimum atomic E-state index is -0.779. The van der Waals surface area contributed by atoms with E-state index in [4.69, 9.17) is 5.11 Å². The molecule has 1 unspecified atom stereocenters. The number of rotatable bonds is 2. The molecule has 0 radical (unpaired) electrons. The fraction of sp³-hybridized carbons (Fsp3) is 0.500. The van der Waals surface area contributed by atoms with Crippen LogP contribution in [-0.2, 0) is 11.2 Å². The maximum absolute atomic E-state index is 10.5. The lowest BCUT2D eigenvalue weighted by atomic mass is 10.0. The van der Waals surface area contributed by atoms with Gasteiger partial charge in [0.1, 0.15) is 0 Å². The van der Waals surface area contributed by atoms with Crippen molar-refractivity contribution < 1.29 is 9.90 Å². The van der Waals surface area contributed by atoms with E-state index < -0.39 is 5.97 Å². The minimum Gasteiger partial charge on any atom is -0.481 e. The number of nitrogens with zero attached hydrogens (tertiary/aromatic N) is 1. The first kappa shape index (κ1) is 8.65. The molecule has 0 saturated heterocycles. The van der Waals surface area contributed by atoms with Crippen molar-refractivity contribution in [2.24, 2.45) is 0 Å². The van der Waals surface area contributed by atoms with E-state index in [-0.39, 0.29) is 12.5 Å². The van der Waals surface area contributed by atoms with Crippen LogP contribution in [-0.4, -0.2) is 22.6 Å². The van der Waals surface area contributed by atoms with Gasteiger partial charge in [-0.3, -0.25) is 4.79 Å².